The average Bonchev–Trinajstić information content (AvgIpc) is 2.65. The van der Waals surface area contributed by atoms with Crippen LogP contribution in [0.25, 0.3) is 0 Å². The Kier molecular flexibility index (Phi) is 3.98. The normalized spacial score (nSPS) is 19.9. The second kappa shape index (κ2) is 5.28. The average molecular weight is 238 g/mol. The van der Waals surface area contributed by atoms with Gasteiger partial charge in [0.15, 0.2) is 0 Å². The fourth-order valence-corrected chi connectivity index (χ4v) is 3.33. The summed E-state index contributed by atoms with van der Waals surface area (Å²) in [6, 6.07) is 0. The summed E-state index contributed by atoms with van der Waals surface area (Å²) in [5.74, 6) is 0. The fourth-order valence-electron chi connectivity index (χ4n) is 2.55. The van der Waals surface area contributed by atoms with Crippen LogP contribution in [0.2, 0.25) is 0 Å². The SMILES string of the molecule is Cc1ncsc1CCNC1(C)CCCCC1. The third-order valence-corrected chi connectivity index (χ3v) is 4.70. The highest BCUT2D eigenvalue weighted by Gasteiger charge is 2.25. The van der Waals surface area contributed by atoms with Gasteiger partial charge in [-0.2, -0.15) is 0 Å². The lowest BCUT2D eigenvalue weighted by Crippen LogP contribution is -2.44. The molecule has 1 aromatic rings. The molecule has 1 aliphatic carbocycles. The minimum atomic E-state index is 0.400. The maximum Gasteiger partial charge on any atom is 0.0797 e. The van der Waals surface area contributed by atoms with Crippen molar-refractivity contribution in [3.05, 3.63) is 16.1 Å². The molecule has 2 nitrogen and oxygen atoms in total. The Balaban J connectivity index is 1.77. The van der Waals surface area contributed by atoms with Crippen LogP contribution in [0.4, 0.5) is 0 Å². The van der Waals surface area contributed by atoms with Crippen LogP contribution in [-0.2, 0) is 6.42 Å². The van der Waals surface area contributed by atoms with Crippen molar-refractivity contribution in [1.29, 1.82) is 0 Å². The summed E-state index contributed by atoms with van der Waals surface area (Å²) in [6.45, 7) is 5.58. The van der Waals surface area contributed by atoms with E-state index in [1.54, 1.807) is 11.3 Å². The molecule has 1 aromatic heterocycles. The van der Waals surface area contributed by atoms with E-state index in [-0.39, 0.29) is 0 Å². The van der Waals surface area contributed by atoms with Crippen molar-refractivity contribution in [3.63, 3.8) is 0 Å². The number of rotatable bonds is 4. The molecule has 0 spiro atoms. The van der Waals surface area contributed by atoms with Gasteiger partial charge < -0.3 is 5.32 Å². The Morgan fingerprint density at radius 1 is 1.38 bits per heavy atom. The van der Waals surface area contributed by atoms with Crippen molar-refractivity contribution in [1.82, 2.24) is 10.3 Å². The zero-order valence-electron chi connectivity index (χ0n) is 10.4. The van der Waals surface area contributed by atoms with Crippen LogP contribution >= 0.6 is 11.3 Å². The van der Waals surface area contributed by atoms with Crippen molar-refractivity contribution in [3.8, 4) is 0 Å². The summed E-state index contributed by atoms with van der Waals surface area (Å²) in [5, 5.41) is 3.74. The van der Waals surface area contributed by atoms with Crippen LogP contribution in [0, 0.1) is 6.92 Å². The van der Waals surface area contributed by atoms with Gasteiger partial charge in [-0.1, -0.05) is 19.3 Å². The van der Waals surface area contributed by atoms with E-state index < -0.39 is 0 Å². The predicted molar refractivity (Wildman–Crippen MR) is 70.0 cm³/mol. The smallest absolute Gasteiger partial charge is 0.0797 e. The molecule has 1 heterocycles. The van der Waals surface area contributed by atoms with Crippen LogP contribution in [0.5, 0.6) is 0 Å². The zero-order valence-corrected chi connectivity index (χ0v) is 11.2. The summed E-state index contributed by atoms with van der Waals surface area (Å²) in [7, 11) is 0. The van der Waals surface area contributed by atoms with Crippen molar-refractivity contribution >= 4 is 11.3 Å². The molecule has 90 valence electrons. The summed E-state index contributed by atoms with van der Waals surface area (Å²) in [6.07, 6.45) is 8.02. The lowest BCUT2D eigenvalue weighted by atomic mass is 9.83. The fraction of sp³-hybridized carbons (Fsp3) is 0.769. The van der Waals surface area contributed by atoms with E-state index in [9.17, 15) is 0 Å². The molecule has 1 saturated carbocycles. The van der Waals surface area contributed by atoms with Gasteiger partial charge >= 0.3 is 0 Å². The molecule has 1 N–H and O–H groups in total. The Labute approximate surface area is 102 Å². The highest BCUT2D eigenvalue weighted by atomic mass is 32.1. The topological polar surface area (TPSA) is 24.9 Å². The molecule has 1 aliphatic rings. The molecule has 0 aromatic carbocycles. The molecule has 0 aliphatic heterocycles. The zero-order chi connectivity index (χ0) is 11.4. The van der Waals surface area contributed by atoms with Crippen LogP contribution in [0.15, 0.2) is 5.51 Å². The summed E-state index contributed by atoms with van der Waals surface area (Å²) in [4.78, 5) is 5.73. The lowest BCUT2D eigenvalue weighted by molar-refractivity contribution is 0.256. The predicted octanol–water partition coefficient (Wildman–Crippen LogP) is 3.31. The molecule has 0 amide bonds. The third-order valence-electron chi connectivity index (χ3n) is 3.71. The van der Waals surface area contributed by atoms with Gasteiger partial charge in [0.1, 0.15) is 0 Å². The lowest BCUT2D eigenvalue weighted by Gasteiger charge is -2.34. The molecule has 0 unspecified atom stereocenters. The maximum atomic E-state index is 4.29. The van der Waals surface area contributed by atoms with E-state index in [0.29, 0.717) is 5.54 Å². The summed E-state index contributed by atoms with van der Waals surface area (Å²) < 4.78 is 0. The number of nitrogens with one attached hydrogen (secondary N) is 1. The monoisotopic (exact) mass is 238 g/mol. The molecule has 0 radical (unpaired) electrons. The number of hydrogen-bond acceptors (Lipinski definition) is 3. The van der Waals surface area contributed by atoms with Gasteiger partial charge in [-0.25, -0.2) is 4.98 Å². The number of thiazole rings is 1. The van der Waals surface area contributed by atoms with E-state index in [1.807, 2.05) is 5.51 Å². The molecule has 2 rings (SSSR count). The minimum absolute atomic E-state index is 0.400. The largest absolute Gasteiger partial charge is 0.311 e. The van der Waals surface area contributed by atoms with Crippen LogP contribution < -0.4 is 5.32 Å². The number of aromatic nitrogens is 1. The van der Waals surface area contributed by atoms with Gasteiger partial charge in [0, 0.05) is 17.0 Å². The molecular formula is C13H22N2S. The van der Waals surface area contributed by atoms with E-state index in [2.05, 4.69) is 24.1 Å². The van der Waals surface area contributed by atoms with E-state index in [1.165, 1.54) is 42.7 Å². The van der Waals surface area contributed by atoms with Gasteiger partial charge in [-0.15, -0.1) is 11.3 Å². The second-order valence-electron chi connectivity index (χ2n) is 5.16. The first kappa shape index (κ1) is 12.1. The minimum Gasteiger partial charge on any atom is -0.311 e. The molecule has 0 bridgehead atoms. The van der Waals surface area contributed by atoms with E-state index in [4.69, 9.17) is 0 Å². The maximum absolute atomic E-state index is 4.29. The van der Waals surface area contributed by atoms with Gasteiger partial charge in [0.05, 0.1) is 11.2 Å². The van der Waals surface area contributed by atoms with E-state index >= 15 is 0 Å². The first-order chi connectivity index (χ1) is 7.70. The number of nitrogens with zero attached hydrogens (tertiary/aromatic N) is 1. The molecule has 16 heavy (non-hydrogen) atoms. The Morgan fingerprint density at radius 2 is 2.12 bits per heavy atom. The van der Waals surface area contributed by atoms with Crippen molar-refractivity contribution in [2.75, 3.05) is 6.54 Å². The second-order valence-corrected chi connectivity index (χ2v) is 6.10. The number of hydrogen-bond donors (Lipinski definition) is 1. The van der Waals surface area contributed by atoms with E-state index in [0.717, 1.165) is 13.0 Å². The van der Waals surface area contributed by atoms with Crippen LogP contribution in [0.1, 0.15) is 49.6 Å². The van der Waals surface area contributed by atoms with Crippen molar-refractivity contribution in [2.45, 2.75) is 57.9 Å². The molecule has 0 saturated heterocycles. The van der Waals surface area contributed by atoms with Gasteiger partial charge in [0.2, 0.25) is 0 Å². The van der Waals surface area contributed by atoms with Gasteiger partial charge in [-0.3, -0.25) is 0 Å². The molecule has 1 fully saturated rings. The quantitative estimate of drug-likeness (QED) is 0.870. The molecule has 3 heteroatoms. The Hall–Kier alpha value is -0.410. The first-order valence-electron chi connectivity index (χ1n) is 6.34. The standard InChI is InChI=1S/C13H22N2S/c1-11-12(16-10-14-11)6-9-15-13(2)7-4-3-5-8-13/h10,15H,3-9H2,1-2H3. The Bertz CT molecular complexity index is 326. The van der Waals surface area contributed by atoms with Crippen LogP contribution in [-0.4, -0.2) is 17.1 Å². The number of aryl methyl sites for hydroxylation is 1. The first-order valence-corrected chi connectivity index (χ1v) is 7.22. The molecule has 0 atom stereocenters. The van der Waals surface area contributed by atoms with Gasteiger partial charge in [-0.05, 0) is 33.1 Å². The highest BCUT2D eigenvalue weighted by Crippen LogP contribution is 2.27. The third kappa shape index (κ3) is 3.05. The Morgan fingerprint density at radius 3 is 2.75 bits per heavy atom. The van der Waals surface area contributed by atoms with Crippen LogP contribution in [0.3, 0.4) is 0 Å². The van der Waals surface area contributed by atoms with Crippen molar-refractivity contribution < 1.29 is 0 Å². The summed E-state index contributed by atoms with van der Waals surface area (Å²) >= 11 is 1.78. The molecular weight excluding hydrogens is 216 g/mol. The van der Waals surface area contributed by atoms with Gasteiger partial charge in [0.25, 0.3) is 0 Å². The summed E-state index contributed by atoms with van der Waals surface area (Å²) in [5.41, 5.74) is 3.56. The van der Waals surface area contributed by atoms with Crippen molar-refractivity contribution in [2.24, 2.45) is 0 Å². The highest BCUT2D eigenvalue weighted by molar-refractivity contribution is 7.09.